The molecule has 1 saturated carbocycles. The number of nitrogens with one attached hydrogen (secondary N) is 1. The predicted molar refractivity (Wildman–Crippen MR) is 78.7 cm³/mol. The van der Waals surface area contributed by atoms with E-state index in [-0.39, 0.29) is 0 Å². The molecular weight excluding hydrogens is 232 g/mol. The molecule has 2 nitrogen and oxygen atoms in total. The smallest absolute Gasteiger partial charge is 0.0991 e. The van der Waals surface area contributed by atoms with Crippen molar-refractivity contribution in [2.75, 3.05) is 6.54 Å². The fourth-order valence-electron chi connectivity index (χ4n) is 3.05. The Kier molecular flexibility index (Phi) is 4.99. The molecule has 2 heteroatoms. The quantitative estimate of drug-likeness (QED) is 0.882. The van der Waals surface area contributed by atoms with Gasteiger partial charge in [0.05, 0.1) is 11.6 Å². The molecule has 1 aliphatic rings. The van der Waals surface area contributed by atoms with Crippen molar-refractivity contribution in [2.45, 2.75) is 45.6 Å². The maximum absolute atomic E-state index is 8.80. The number of hydrogen-bond acceptors (Lipinski definition) is 2. The van der Waals surface area contributed by atoms with E-state index in [1.807, 2.05) is 12.1 Å². The number of nitriles is 1. The molecule has 102 valence electrons. The van der Waals surface area contributed by atoms with Crippen LogP contribution in [0.5, 0.6) is 0 Å². The van der Waals surface area contributed by atoms with Gasteiger partial charge in [-0.25, -0.2) is 0 Å². The number of rotatable bonds is 4. The summed E-state index contributed by atoms with van der Waals surface area (Å²) in [4.78, 5) is 0. The molecule has 3 atom stereocenters. The van der Waals surface area contributed by atoms with E-state index < -0.39 is 0 Å². The molecule has 0 heterocycles. The highest BCUT2D eigenvalue weighted by atomic mass is 14.9. The van der Waals surface area contributed by atoms with E-state index in [0.717, 1.165) is 23.9 Å². The summed E-state index contributed by atoms with van der Waals surface area (Å²) in [6, 6.07) is 10.4. The summed E-state index contributed by atoms with van der Waals surface area (Å²) in [6.45, 7) is 5.69. The molecule has 0 radical (unpaired) electrons. The Hall–Kier alpha value is -1.33. The van der Waals surface area contributed by atoms with E-state index in [9.17, 15) is 0 Å². The van der Waals surface area contributed by atoms with Crippen molar-refractivity contribution in [3.8, 4) is 6.07 Å². The van der Waals surface area contributed by atoms with E-state index in [2.05, 4.69) is 37.4 Å². The molecule has 0 spiro atoms. The molecule has 0 amide bonds. The lowest BCUT2D eigenvalue weighted by Gasteiger charge is -2.28. The highest BCUT2D eigenvalue weighted by Crippen LogP contribution is 2.28. The van der Waals surface area contributed by atoms with Gasteiger partial charge in [-0.05, 0) is 55.8 Å². The summed E-state index contributed by atoms with van der Waals surface area (Å²) in [5, 5.41) is 12.4. The van der Waals surface area contributed by atoms with Crippen molar-refractivity contribution in [1.82, 2.24) is 5.32 Å². The second-order valence-electron chi connectivity index (χ2n) is 6.00. The Balaban J connectivity index is 1.83. The van der Waals surface area contributed by atoms with Gasteiger partial charge in [0.15, 0.2) is 0 Å². The number of benzene rings is 1. The van der Waals surface area contributed by atoms with Gasteiger partial charge in [0.2, 0.25) is 0 Å². The molecule has 1 aromatic rings. The van der Waals surface area contributed by atoms with Crippen LogP contribution in [0.15, 0.2) is 24.3 Å². The molecule has 1 fully saturated rings. The molecule has 1 N–H and O–H groups in total. The van der Waals surface area contributed by atoms with E-state index in [4.69, 9.17) is 5.26 Å². The highest BCUT2D eigenvalue weighted by Gasteiger charge is 2.19. The lowest BCUT2D eigenvalue weighted by Crippen LogP contribution is -2.28. The van der Waals surface area contributed by atoms with Crippen LogP contribution in [0.25, 0.3) is 0 Å². The van der Waals surface area contributed by atoms with Crippen LogP contribution in [0.3, 0.4) is 0 Å². The van der Waals surface area contributed by atoms with Crippen LogP contribution in [0.4, 0.5) is 0 Å². The molecule has 0 saturated heterocycles. The molecular formula is C17H24N2. The Morgan fingerprint density at radius 1 is 1.32 bits per heavy atom. The van der Waals surface area contributed by atoms with Crippen LogP contribution in [0.2, 0.25) is 0 Å². The Bertz CT molecular complexity index is 430. The molecule has 0 aliphatic heterocycles. The molecule has 2 rings (SSSR count). The first-order chi connectivity index (χ1) is 9.19. The summed E-state index contributed by atoms with van der Waals surface area (Å²) < 4.78 is 0. The van der Waals surface area contributed by atoms with Crippen LogP contribution < -0.4 is 5.32 Å². The fourth-order valence-corrected chi connectivity index (χ4v) is 3.05. The lowest BCUT2D eigenvalue weighted by molar-refractivity contribution is 0.268. The van der Waals surface area contributed by atoms with Crippen molar-refractivity contribution in [2.24, 2.45) is 11.8 Å². The first kappa shape index (κ1) is 14.1. The summed E-state index contributed by atoms with van der Waals surface area (Å²) in [7, 11) is 0. The van der Waals surface area contributed by atoms with Gasteiger partial charge in [-0.3, -0.25) is 0 Å². The van der Waals surface area contributed by atoms with E-state index in [1.165, 1.54) is 31.2 Å². The second kappa shape index (κ2) is 6.73. The van der Waals surface area contributed by atoms with Gasteiger partial charge in [0.25, 0.3) is 0 Å². The van der Waals surface area contributed by atoms with Gasteiger partial charge in [0.1, 0.15) is 0 Å². The van der Waals surface area contributed by atoms with Crippen LogP contribution >= 0.6 is 0 Å². The minimum Gasteiger partial charge on any atom is -0.310 e. The van der Waals surface area contributed by atoms with Crippen molar-refractivity contribution < 1.29 is 0 Å². The maximum Gasteiger partial charge on any atom is 0.0991 e. The third-order valence-electron chi connectivity index (χ3n) is 4.30. The first-order valence-electron chi connectivity index (χ1n) is 7.42. The standard InChI is InChI=1S/C17H24N2/c1-13-4-3-5-16(10-13)12-19-14(2)17-8-6-15(11-18)7-9-17/h6-9,13-14,16,19H,3-5,10,12H2,1-2H3. The molecule has 3 unspecified atom stereocenters. The van der Waals surface area contributed by atoms with Crippen LogP contribution in [0, 0.1) is 23.2 Å². The number of nitrogens with zero attached hydrogens (tertiary/aromatic N) is 1. The van der Waals surface area contributed by atoms with E-state index in [1.54, 1.807) is 0 Å². The Labute approximate surface area is 116 Å². The zero-order chi connectivity index (χ0) is 13.7. The Morgan fingerprint density at radius 3 is 2.68 bits per heavy atom. The van der Waals surface area contributed by atoms with Gasteiger partial charge < -0.3 is 5.32 Å². The predicted octanol–water partition coefficient (Wildman–Crippen LogP) is 4.04. The van der Waals surface area contributed by atoms with Crippen LogP contribution in [0.1, 0.15) is 56.7 Å². The zero-order valence-corrected chi connectivity index (χ0v) is 12.0. The largest absolute Gasteiger partial charge is 0.310 e. The van der Waals surface area contributed by atoms with Gasteiger partial charge in [-0.2, -0.15) is 5.26 Å². The second-order valence-corrected chi connectivity index (χ2v) is 6.00. The van der Waals surface area contributed by atoms with Crippen LogP contribution in [-0.4, -0.2) is 6.54 Å². The van der Waals surface area contributed by atoms with Crippen molar-refractivity contribution in [3.05, 3.63) is 35.4 Å². The van der Waals surface area contributed by atoms with E-state index in [0.29, 0.717) is 6.04 Å². The zero-order valence-electron chi connectivity index (χ0n) is 12.0. The third-order valence-corrected chi connectivity index (χ3v) is 4.30. The fraction of sp³-hybridized carbons (Fsp3) is 0.588. The van der Waals surface area contributed by atoms with Gasteiger partial charge in [-0.15, -0.1) is 0 Å². The molecule has 1 aromatic carbocycles. The monoisotopic (exact) mass is 256 g/mol. The molecule has 0 bridgehead atoms. The Morgan fingerprint density at radius 2 is 2.05 bits per heavy atom. The van der Waals surface area contributed by atoms with Gasteiger partial charge in [-0.1, -0.05) is 31.9 Å². The van der Waals surface area contributed by atoms with Crippen molar-refractivity contribution >= 4 is 0 Å². The van der Waals surface area contributed by atoms with Gasteiger partial charge >= 0.3 is 0 Å². The number of hydrogen-bond donors (Lipinski definition) is 1. The summed E-state index contributed by atoms with van der Waals surface area (Å²) >= 11 is 0. The molecule has 19 heavy (non-hydrogen) atoms. The van der Waals surface area contributed by atoms with Gasteiger partial charge in [0, 0.05) is 6.04 Å². The maximum atomic E-state index is 8.80. The minimum atomic E-state index is 0.366. The van der Waals surface area contributed by atoms with Crippen LogP contribution in [-0.2, 0) is 0 Å². The normalized spacial score (nSPS) is 24.7. The van der Waals surface area contributed by atoms with Crippen molar-refractivity contribution in [3.63, 3.8) is 0 Å². The first-order valence-corrected chi connectivity index (χ1v) is 7.42. The minimum absolute atomic E-state index is 0.366. The molecule has 1 aliphatic carbocycles. The highest BCUT2D eigenvalue weighted by molar-refractivity contribution is 5.32. The summed E-state index contributed by atoms with van der Waals surface area (Å²) in [5.41, 5.74) is 2.00. The van der Waals surface area contributed by atoms with Crippen molar-refractivity contribution in [1.29, 1.82) is 5.26 Å². The SMILES string of the molecule is CC1CCCC(CNC(C)c2ccc(C#N)cc2)C1. The van der Waals surface area contributed by atoms with E-state index >= 15 is 0 Å². The topological polar surface area (TPSA) is 35.8 Å². The third kappa shape index (κ3) is 4.08. The average Bonchev–Trinajstić information content (AvgIpc) is 2.45. The summed E-state index contributed by atoms with van der Waals surface area (Å²) in [5.74, 6) is 1.73. The molecule has 0 aromatic heterocycles. The summed E-state index contributed by atoms with van der Waals surface area (Å²) in [6.07, 6.45) is 5.53. The lowest BCUT2D eigenvalue weighted by atomic mass is 9.82. The average molecular weight is 256 g/mol.